The first-order valence-electron chi connectivity index (χ1n) is 12.5. The lowest BCUT2D eigenvalue weighted by molar-refractivity contribution is -0.133. The highest BCUT2D eigenvalue weighted by Gasteiger charge is 2.28. The first-order chi connectivity index (χ1) is 18.0. The van der Waals surface area contributed by atoms with Crippen LogP contribution in [0, 0.1) is 0 Å². The quantitative estimate of drug-likeness (QED) is 0.492. The van der Waals surface area contributed by atoms with Crippen molar-refractivity contribution in [2.24, 2.45) is 0 Å². The number of likely N-dealkylation sites (N-methyl/N-ethyl adjacent to an activating group) is 1. The first-order valence-corrected chi connectivity index (χ1v) is 12.9. The van der Waals surface area contributed by atoms with E-state index in [9.17, 15) is 9.59 Å². The van der Waals surface area contributed by atoms with E-state index in [1.165, 1.54) is 4.68 Å². The number of rotatable bonds is 6. The normalized spacial score (nSPS) is 16.6. The van der Waals surface area contributed by atoms with Gasteiger partial charge in [-0.05, 0) is 31.3 Å². The van der Waals surface area contributed by atoms with Crippen molar-refractivity contribution < 1.29 is 9.53 Å². The number of nitrogens with zero attached hydrogens (tertiary/aromatic N) is 6. The molecule has 1 amide bonds. The number of halogens is 1. The Morgan fingerprint density at radius 2 is 1.54 bits per heavy atom. The second-order valence-electron chi connectivity index (χ2n) is 9.31. The van der Waals surface area contributed by atoms with Gasteiger partial charge in [-0.3, -0.25) is 9.59 Å². The number of amides is 1. The van der Waals surface area contributed by atoms with Crippen molar-refractivity contribution in [3.63, 3.8) is 0 Å². The number of benzene rings is 2. The fourth-order valence-electron chi connectivity index (χ4n) is 4.74. The Balaban J connectivity index is 1.32. The molecule has 2 aromatic carbocycles. The minimum absolute atomic E-state index is 0.0645. The number of anilines is 2. The predicted octanol–water partition coefficient (Wildman–Crippen LogP) is 2.37. The van der Waals surface area contributed by atoms with Gasteiger partial charge in [0.05, 0.1) is 22.6 Å². The van der Waals surface area contributed by atoms with Gasteiger partial charge in [0.15, 0.2) is 6.61 Å². The standard InChI is InChI=1S/C27H31ClN6O3/c1-30-11-13-33(14-12-30)26-23(19-29-34(27(26)36)21-7-3-2-4-8-21)31-15-17-32(18-16-31)25(35)20-37-24-10-6-5-9-22(24)28/h2-10,19H,11-18,20H2,1H3. The lowest BCUT2D eigenvalue weighted by Crippen LogP contribution is -2.52. The summed E-state index contributed by atoms with van der Waals surface area (Å²) in [5.74, 6) is 0.412. The van der Waals surface area contributed by atoms with Gasteiger partial charge in [0, 0.05) is 52.4 Å². The third kappa shape index (κ3) is 5.57. The Morgan fingerprint density at radius 1 is 0.892 bits per heavy atom. The number of aromatic nitrogens is 2. The third-order valence-electron chi connectivity index (χ3n) is 6.91. The molecule has 3 aromatic rings. The summed E-state index contributed by atoms with van der Waals surface area (Å²) in [7, 11) is 2.10. The predicted molar refractivity (Wildman–Crippen MR) is 145 cm³/mol. The first kappa shape index (κ1) is 25.1. The molecule has 10 heteroatoms. The Kier molecular flexibility index (Phi) is 7.62. The second-order valence-corrected chi connectivity index (χ2v) is 9.72. The number of para-hydroxylation sites is 2. The van der Waals surface area contributed by atoms with Gasteiger partial charge in [0.25, 0.3) is 11.5 Å². The zero-order chi connectivity index (χ0) is 25.8. The molecule has 0 unspecified atom stereocenters. The van der Waals surface area contributed by atoms with E-state index in [-0.39, 0.29) is 18.1 Å². The highest BCUT2D eigenvalue weighted by molar-refractivity contribution is 6.32. The smallest absolute Gasteiger partial charge is 0.297 e. The molecule has 5 rings (SSSR count). The SMILES string of the molecule is CN1CCN(c2c(N3CCN(C(=O)COc4ccccc4Cl)CC3)cnn(-c3ccccc3)c2=O)CC1. The summed E-state index contributed by atoms with van der Waals surface area (Å²) in [5.41, 5.74) is 2.11. The van der Waals surface area contributed by atoms with E-state index in [0.717, 1.165) is 37.6 Å². The van der Waals surface area contributed by atoms with Crippen molar-refractivity contribution in [3.8, 4) is 11.4 Å². The van der Waals surface area contributed by atoms with Crippen LogP contribution >= 0.6 is 11.6 Å². The van der Waals surface area contributed by atoms with Crippen LogP contribution in [0.2, 0.25) is 5.02 Å². The van der Waals surface area contributed by atoms with E-state index >= 15 is 0 Å². The molecular formula is C27H31ClN6O3. The van der Waals surface area contributed by atoms with Crippen molar-refractivity contribution in [1.82, 2.24) is 19.6 Å². The third-order valence-corrected chi connectivity index (χ3v) is 7.23. The number of hydrogen-bond acceptors (Lipinski definition) is 7. The molecule has 37 heavy (non-hydrogen) atoms. The molecular weight excluding hydrogens is 492 g/mol. The summed E-state index contributed by atoms with van der Waals surface area (Å²) in [6, 6.07) is 16.6. The molecule has 194 valence electrons. The molecule has 2 aliphatic heterocycles. The molecule has 2 aliphatic rings. The number of hydrogen-bond donors (Lipinski definition) is 0. The van der Waals surface area contributed by atoms with E-state index in [4.69, 9.17) is 16.3 Å². The van der Waals surface area contributed by atoms with Gasteiger partial charge in [-0.2, -0.15) is 9.78 Å². The summed E-state index contributed by atoms with van der Waals surface area (Å²) < 4.78 is 7.12. The molecule has 0 N–H and O–H groups in total. The number of carbonyl (C=O) groups is 1. The van der Waals surface area contributed by atoms with Crippen LogP contribution in [-0.2, 0) is 4.79 Å². The molecule has 9 nitrogen and oxygen atoms in total. The van der Waals surface area contributed by atoms with E-state index in [1.54, 1.807) is 23.2 Å². The van der Waals surface area contributed by atoms with Crippen molar-refractivity contribution in [2.45, 2.75) is 0 Å². The molecule has 2 fully saturated rings. The molecule has 0 bridgehead atoms. The van der Waals surface area contributed by atoms with E-state index in [2.05, 4.69) is 26.8 Å². The lowest BCUT2D eigenvalue weighted by Gasteiger charge is -2.39. The zero-order valence-electron chi connectivity index (χ0n) is 20.9. The highest BCUT2D eigenvalue weighted by atomic mass is 35.5. The second kappa shape index (κ2) is 11.2. The van der Waals surface area contributed by atoms with Crippen LogP contribution in [0.25, 0.3) is 5.69 Å². The summed E-state index contributed by atoms with van der Waals surface area (Å²) in [4.78, 5) is 34.9. The molecule has 0 spiro atoms. The van der Waals surface area contributed by atoms with Crippen molar-refractivity contribution in [3.05, 3.63) is 76.2 Å². The van der Waals surface area contributed by atoms with Crippen LogP contribution in [0.5, 0.6) is 5.75 Å². The maximum Gasteiger partial charge on any atom is 0.297 e. The fourth-order valence-corrected chi connectivity index (χ4v) is 4.93. The molecule has 0 aliphatic carbocycles. The average molecular weight is 523 g/mol. The van der Waals surface area contributed by atoms with E-state index in [0.29, 0.717) is 42.6 Å². The number of piperazine rings is 2. The maximum absolute atomic E-state index is 13.8. The summed E-state index contributed by atoms with van der Waals surface area (Å²) in [6.07, 6.45) is 1.79. The minimum atomic E-state index is -0.125. The highest BCUT2D eigenvalue weighted by Crippen LogP contribution is 2.28. The van der Waals surface area contributed by atoms with Gasteiger partial charge in [-0.1, -0.05) is 41.9 Å². The zero-order valence-corrected chi connectivity index (χ0v) is 21.7. The van der Waals surface area contributed by atoms with Gasteiger partial charge >= 0.3 is 0 Å². The van der Waals surface area contributed by atoms with Gasteiger partial charge in [-0.15, -0.1) is 0 Å². The number of ether oxygens (including phenoxy) is 1. The van der Waals surface area contributed by atoms with Crippen LogP contribution in [-0.4, -0.2) is 91.5 Å². The molecule has 3 heterocycles. The Bertz CT molecular complexity index is 1280. The Hall–Kier alpha value is -3.56. The lowest BCUT2D eigenvalue weighted by atomic mass is 10.2. The van der Waals surface area contributed by atoms with Gasteiger partial charge in [-0.25, -0.2) is 0 Å². The summed E-state index contributed by atoms with van der Waals surface area (Å²) in [5, 5.41) is 5.01. The van der Waals surface area contributed by atoms with E-state index in [1.807, 2.05) is 42.5 Å². The molecule has 1 aromatic heterocycles. The van der Waals surface area contributed by atoms with Crippen LogP contribution in [0.4, 0.5) is 11.4 Å². The minimum Gasteiger partial charge on any atom is -0.482 e. The monoisotopic (exact) mass is 522 g/mol. The van der Waals surface area contributed by atoms with Crippen LogP contribution in [0.15, 0.2) is 65.6 Å². The van der Waals surface area contributed by atoms with Crippen LogP contribution in [0.3, 0.4) is 0 Å². The van der Waals surface area contributed by atoms with Gasteiger partial charge < -0.3 is 24.3 Å². The summed E-state index contributed by atoms with van der Waals surface area (Å²) >= 11 is 6.13. The van der Waals surface area contributed by atoms with Crippen molar-refractivity contribution >= 4 is 28.9 Å². The molecule has 0 saturated carbocycles. The number of carbonyl (C=O) groups excluding carboxylic acids is 1. The Morgan fingerprint density at radius 3 is 2.24 bits per heavy atom. The van der Waals surface area contributed by atoms with Crippen molar-refractivity contribution in [1.29, 1.82) is 0 Å². The molecule has 2 saturated heterocycles. The van der Waals surface area contributed by atoms with Gasteiger partial charge in [0.1, 0.15) is 11.4 Å². The maximum atomic E-state index is 13.8. The average Bonchev–Trinajstić information content (AvgIpc) is 2.93. The van der Waals surface area contributed by atoms with Crippen LogP contribution < -0.4 is 20.1 Å². The van der Waals surface area contributed by atoms with Gasteiger partial charge in [0.2, 0.25) is 0 Å². The molecule has 0 radical (unpaired) electrons. The van der Waals surface area contributed by atoms with Crippen molar-refractivity contribution in [2.75, 3.05) is 75.8 Å². The fraction of sp³-hybridized carbons (Fsp3) is 0.370. The Labute approximate surface area is 221 Å². The largest absolute Gasteiger partial charge is 0.482 e. The van der Waals surface area contributed by atoms with Crippen LogP contribution in [0.1, 0.15) is 0 Å². The topological polar surface area (TPSA) is 74.2 Å². The van der Waals surface area contributed by atoms with E-state index < -0.39 is 0 Å². The summed E-state index contributed by atoms with van der Waals surface area (Å²) in [6.45, 7) is 5.55. The molecule has 0 atom stereocenters.